The van der Waals surface area contributed by atoms with Gasteiger partial charge in [0.1, 0.15) is 23.0 Å². The fourth-order valence-corrected chi connectivity index (χ4v) is 19.4. The van der Waals surface area contributed by atoms with Gasteiger partial charge in [-0.15, -0.1) is 22.7 Å². The second-order valence-electron chi connectivity index (χ2n) is 15.7. The van der Waals surface area contributed by atoms with Crippen molar-refractivity contribution in [3.63, 3.8) is 0 Å². The molecule has 4 aromatic rings. The van der Waals surface area contributed by atoms with Crippen LogP contribution in [0.5, 0.6) is 0 Å². The fraction of sp³-hybridized carbons (Fsp3) is 0.579. The zero-order valence-electron chi connectivity index (χ0n) is 28.2. The largest absolute Gasteiger partial charge is 0.466 e. The molecule has 0 aromatic carbocycles. The summed E-state index contributed by atoms with van der Waals surface area (Å²) >= 11 is 3.96. The molecule has 0 spiro atoms. The molecule has 4 aliphatic rings. The predicted octanol–water partition coefficient (Wildman–Crippen LogP) is 10.9. The van der Waals surface area contributed by atoms with Crippen molar-refractivity contribution < 1.29 is 8.83 Å². The van der Waals surface area contributed by atoms with Crippen molar-refractivity contribution in [2.45, 2.75) is 127 Å². The van der Waals surface area contributed by atoms with Gasteiger partial charge in [-0.25, -0.2) is 0 Å². The Bertz CT molecular complexity index is 1560. The highest BCUT2D eigenvalue weighted by Gasteiger charge is 2.64. The van der Waals surface area contributed by atoms with E-state index in [-0.39, 0.29) is 0 Å². The van der Waals surface area contributed by atoms with Crippen molar-refractivity contribution in [3.8, 4) is 0 Å². The van der Waals surface area contributed by atoms with Gasteiger partial charge < -0.3 is 18.6 Å². The Labute approximate surface area is 278 Å². The van der Waals surface area contributed by atoms with Gasteiger partial charge in [0.05, 0.1) is 18.1 Å². The molecule has 45 heavy (non-hydrogen) atoms. The lowest BCUT2D eigenvalue weighted by Crippen LogP contribution is -2.46. The van der Waals surface area contributed by atoms with E-state index in [4.69, 9.17) is 8.83 Å². The summed E-state index contributed by atoms with van der Waals surface area (Å²) in [6, 6.07) is 20.8. The van der Waals surface area contributed by atoms with Crippen molar-refractivity contribution in [2.24, 2.45) is 11.8 Å². The Morgan fingerprint density at radius 1 is 0.600 bits per heavy atom. The topological polar surface area (TPSA) is 32.8 Å². The van der Waals surface area contributed by atoms with Gasteiger partial charge in [0.15, 0.2) is 0 Å². The Kier molecular flexibility index (Phi) is 7.31. The second kappa shape index (κ2) is 10.9. The molecule has 4 aromatic heterocycles. The third-order valence-electron chi connectivity index (χ3n) is 12.6. The zero-order chi connectivity index (χ0) is 31.4. The summed E-state index contributed by atoms with van der Waals surface area (Å²) in [6.45, 7) is 19.3. The van der Waals surface area contributed by atoms with Crippen molar-refractivity contribution in [3.05, 3.63) is 81.3 Å². The number of anilines is 2. The molecule has 0 bridgehead atoms. The van der Waals surface area contributed by atoms with Crippen molar-refractivity contribution in [1.29, 1.82) is 0 Å². The molecule has 2 aliphatic heterocycles. The Hall–Kier alpha value is -2.22. The summed E-state index contributed by atoms with van der Waals surface area (Å²) < 4.78 is 13.1. The lowest BCUT2D eigenvalue weighted by Gasteiger charge is -2.45. The number of rotatable bonds is 6. The van der Waals surface area contributed by atoms with Crippen LogP contribution < -0.4 is 9.80 Å². The van der Waals surface area contributed by atoms with Crippen LogP contribution in [0.1, 0.15) is 84.2 Å². The van der Waals surface area contributed by atoms with Gasteiger partial charge >= 0.3 is 0 Å². The normalized spacial score (nSPS) is 34.7. The summed E-state index contributed by atoms with van der Waals surface area (Å²) in [4.78, 5) is 8.49. The molecular weight excluding hydrogens is 609 g/mol. The molecule has 0 amide bonds. The molecule has 2 saturated heterocycles. The van der Waals surface area contributed by atoms with Gasteiger partial charge in [-0.3, -0.25) is 0 Å². The number of aryl methyl sites for hydroxylation is 4. The third kappa shape index (κ3) is 4.77. The van der Waals surface area contributed by atoms with Gasteiger partial charge in [0, 0.05) is 45.8 Å². The molecule has 10 atom stereocenters. The first-order valence-electron chi connectivity index (χ1n) is 17.3. The van der Waals surface area contributed by atoms with Crippen LogP contribution in [0.3, 0.4) is 0 Å². The Morgan fingerprint density at radius 3 is 1.36 bits per heavy atom. The molecule has 2 aliphatic carbocycles. The summed E-state index contributed by atoms with van der Waals surface area (Å²) in [5.41, 5.74) is 1.36. The maximum Gasteiger partial charge on any atom is 0.107 e. The van der Waals surface area contributed by atoms with Crippen LogP contribution in [-0.2, 0) is 0 Å². The SMILES string of the molecule is Cc1ccc(C2CC3C(CC(C)N3c3ccc(C)s3)C2[Si](C)(C)C2C(c3ccc(C)o3)CC3C2CC(C)N3c2ccc(C)s2)o1. The van der Waals surface area contributed by atoms with Crippen molar-refractivity contribution in [2.75, 3.05) is 9.80 Å². The average Bonchev–Trinajstić information content (AvgIpc) is 3.79. The molecule has 0 N–H and O–H groups in total. The number of hydrogen-bond donors (Lipinski definition) is 0. The van der Waals surface area contributed by atoms with E-state index in [0.717, 1.165) is 11.5 Å². The highest BCUT2D eigenvalue weighted by Crippen LogP contribution is 2.68. The first-order valence-corrected chi connectivity index (χ1v) is 22.1. The van der Waals surface area contributed by atoms with Gasteiger partial charge in [0.25, 0.3) is 0 Å². The molecule has 240 valence electrons. The molecular formula is C38H50N2O2S2Si. The first-order chi connectivity index (χ1) is 21.5. The van der Waals surface area contributed by atoms with E-state index in [1.165, 1.54) is 57.0 Å². The van der Waals surface area contributed by atoms with Crippen molar-refractivity contribution >= 4 is 40.7 Å². The summed E-state index contributed by atoms with van der Waals surface area (Å²) in [7, 11) is -1.96. The quantitative estimate of drug-likeness (QED) is 0.193. The molecule has 8 rings (SSSR count). The highest BCUT2D eigenvalue weighted by atomic mass is 32.1. The predicted molar refractivity (Wildman–Crippen MR) is 192 cm³/mol. The van der Waals surface area contributed by atoms with Crippen molar-refractivity contribution in [1.82, 2.24) is 0 Å². The van der Waals surface area contributed by atoms with E-state index in [0.29, 0.717) is 58.9 Å². The number of thiophene rings is 2. The smallest absolute Gasteiger partial charge is 0.107 e. The standard InChI is InChI=1S/C38H50N2O2S2Si/c1-21-17-27-31(39(21)35-15-11-25(5)43-35)19-29(33-13-9-23(3)41-33)37(27)45(7,8)38-28-18-22(2)40(36-16-12-26(6)44-36)32(28)20-30(38)34-14-10-24(4)42-34/h9-16,21-22,27-32,37-38H,17-20H2,1-8H3. The fourth-order valence-electron chi connectivity index (χ4n) is 11.3. The number of fused-ring (bicyclic) bond motifs is 2. The van der Waals surface area contributed by atoms with Gasteiger partial charge in [-0.2, -0.15) is 0 Å². The minimum atomic E-state index is -1.96. The van der Waals surface area contributed by atoms with Crippen LogP contribution in [0.25, 0.3) is 0 Å². The lowest BCUT2D eigenvalue weighted by molar-refractivity contribution is 0.401. The van der Waals surface area contributed by atoms with Gasteiger partial charge in [-0.05, 0) is 139 Å². The minimum Gasteiger partial charge on any atom is -0.466 e. The summed E-state index contributed by atoms with van der Waals surface area (Å²) in [6.07, 6.45) is 5.01. The van der Waals surface area contributed by atoms with E-state index in [9.17, 15) is 0 Å². The third-order valence-corrected chi connectivity index (χ3v) is 19.7. The van der Waals surface area contributed by atoms with Crippen LogP contribution in [0.4, 0.5) is 10.0 Å². The molecule has 4 fully saturated rings. The maximum absolute atomic E-state index is 6.57. The first kappa shape index (κ1) is 30.1. The molecule has 0 radical (unpaired) electrons. The number of hydrogen-bond acceptors (Lipinski definition) is 6. The van der Waals surface area contributed by atoms with Crippen LogP contribution in [0.2, 0.25) is 24.2 Å². The van der Waals surface area contributed by atoms with Gasteiger partial charge in [-0.1, -0.05) is 13.1 Å². The van der Waals surface area contributed by atoms with Crippen LogP contribution in [0.15, 0.2) is 57.4 Å². The van der Waals surface area contributed by atoms with E-state index >= 15 is 0 Å². The highest BCUT2D eigenvalue weighted by molar-refractivity contribution is 7.16. The molecule has 10 unspecified atom stereocenters. The second-order valence-corrected chi connectivity index (χ2v) is 23.2. The summed E-state index contributed by atoms with van der Waals surface area (Å²) in [5.74, 6) is 6.97. The van der Waals surface area contributed by atoms with E-state index in [1.54, 1.807) is 0 Å². The molecule has 7 heteroatoms. The number of nitrogens with zero attached hydrogens (tertiary/aromatic N) is 2. The molecule has 4 nitrogen and oxygen atoms in total. The van der Waals surface area contributed by atoms with Crippen LogP contribution >= 0.6 is 22.7 Å². The number of furan rings is 2. The minimum absolute atomic E-state index is 0.485. The Balaban J connectivity index is 1.22. The van der Waals surface area contributed by atoms with Crippen LogP contribution in [-0.4, -0.2) is 32.2 Å². The van der Waals surface area contributed by atoms with E-state index < -0.39 is 8.07 Å². The van der Waals surface area contributed by atoms with E-state index in [1.807, 2.05) is 22.7 Å². The average molecular weight is 659 g/mol. The van der Waals surface area contributed by atoms with Gasteiger partial charge in [0.2, 0.25) is 0 Å². The van der Waals surface area contributed by atoms with Crippen LogP contribution in [0, 0.1) is 39.5 Å². The lowest BCUT2D eigenvalue weighted by atomic mass is 9.96. The maximum atomic E-state index is 6.57. The summed E-state index contributed by atoms with van der Waals surface area (Å²) in [5, 5.41) is 2.94. The zero-order valence-corrected chi connectivity index (χ0v) is 30.9. The monoisotopic (exact) mass is 658 g/mol. The van der Waals surface area contributed by atoms with E-state index in [2.05, 4.69) is 113 Å². The molecule has 6 heterocycles. The Morgan fingerprint density at radius 2 is 1.02 bits per heavy atom. The molecule has 2 saturated carbocycles.